The number of halogens is 1. The Labute approximate surface area is 101 Å². The van der Waals surface area contributed by atoms with Gasteiger partial charge in [0.25, 0.3) is 0 Å². The van der Waals surface area contributed by atoms with Crippen molar-refractivity contribution >= 4 is 23.1 Å². The lowest BCUT2D eigenvalue weighted by molar-refractivity contribution is 0.343. The van der Waals surface area contributed by atoms with E-state index in [9.17, 15) is 4.39 Å². The van der Waals surface area contributed by atoms with E-state index in [2.05, 4.69) is 10.2 Å². The van der Waals surface area contributed by atoms with Crippen LogP contribution in [0.3, 0.4) is 0 Å². The molecule has 0 saturated carbocycles. The third-order valence-electron chi connectivity index (χ3n) is 1.73. The lowest BCUT2D eigenvalue weighted by Gasteiger charge is -2.04. The highest BCUT2D eigenvalue weighted by Crippen LogP contribution is 2.19. The summed E-state index contributed by atoms with van der Waals surface area (Å²) in [4.78, 5) is 0. The maximum absolute atomic E-state index is 12.6. The molecule has 0 saturated heterocycles. The van der Waals surface area contributed by atoms with Crippen molar-refractivity contribution in [1.82, 2.24) is 10.2 Å². The van der Waals surface area contributed by atoms with Gasteiger partial charge in [0.2, 0.25) is 0 Å². The number of ether oxygens (including phenoxy) is 1. The predicted molar refractivity (Wildman–Crippen MR) is 62.5 cm³/mol. The largest absolute Gasteiger partial charge is 0.493 e. The molecule has 0 N–H and O–H groups in total. The van der Waals surface area contributed by atoms with Crippen LogP contribution in [0.5, 0.6) is 5.75 Å². The zero-order valence-electron chi connectivity index (χ0n) is 8.30. The first kappa shape index (κ1) is 11.3. The van der Waals surface area contributed by atoms with E-state index in [0.29, 0.717) is 12.4 Å². The van der Waals surface area contributed by atoms with Gasteiger partial charge in [0, 0.05) is 5.75 Å². The molecule has 16 heavy (non-hydrogen) atoms. The average molecular weight is 256 g/mol. The van der Waals surface area contributed by atoms with Crippen LogP contribution in [0.2, 0.25) is 0 Å². The first-order valence-corrected chi connectivity index (χ1v) is 6.48. The Morgan fingerprint density at radius 2 is 2.12 bits per heavy atom. The van der Waals surface area contributed by atoms with Gasteiger partial charge in [0.1, 0.15) is 17.1 Å². The fraction of sp³-hybridized carbons (Fsp3) is 0.200. The maximum atomic E-state index is 12.6. The summed E-state index contributed by atoms with van der Waals surface area (Å²) in [6.45, 7) is 0.565. The van der Waals surface area contributed by atoms with Crippen molar-refractivity contribution in [3.63, 3.8) is 0 Å². The average Bonchev–Trinajstić information content (AvgIpc) is 2.80. The van der Waals surface area contributed by atoms with E-state index in [1.807, 2.05) is 0 Å². The molecule has 0 amide bonds. The molecule has 0 unspecified atom stereocenters. The molecule has 2 aromatic rings. The number of benzene rings is 1. The Morgan fingerprint density at radius 3 is 2.81 bits per heavy atom. The molecule has 6 heteroatoms. The normalized spacial score (nSPS) is 10.3. The monoisotopic (exact) mass is 256 g/mol. The Bertz CT molecular complexity index is 419. The van der Waals surface area contributed by atoms with E-state index >= 15 is 0 Å². The highest BCUT2D eigenvalue weighted by Gasteiger charge is 1.98. The summed E-state index contributed by atoms with van der Waals surface area (Å²) in [6.07, 6.45) is 0. The molecule has 0 radical (unpaired) electrons. The smallest absolute Gasteiger partial charge is 0.174 e. The van der Waals surface area contributed by atoms with Crippen molar-refractivity contribution in [2.45, 2.75) is 4.34 Å². The van der Waals surface area contributed by atoms with Crippen molar-refractivity contribution in [3.05, 3.63) is 35.6 Å². The van der Waals surface area contributed by atoms with Gasteiger partial charge in [0.05, 0.1) is 6.61 Å². The minimum absolute atomic E-state index is 0.254. The van der Waals surface area contributed by atoms with Gasteiger partial charge in [-0.25, -0.2) is 4.39 Å². The second kappa shape index (κ2) is 5.81. The Kier molecular flexibility index (Phi) is 4.12. The van der Waals surface area contributed by atoms with E-state index in [1.54, 1.807) is 29.4 Å². The maximum Gasteiger partial charge on any atom is 0.174 e. The van der Waals surface area contributed by atoms with E-state index < -0.39 is 0 Å². The molecule has 0 bridgehead atoms. The summed E-state index contributed by atoms with van der Waals surface area (Å²) in [5.41, 5.74) is 1.70. The van der Waals surface area contributed by atoms with Gasteiger partial charge in [-0.05, 0) is 24.3 Å². The van der Waals surface area contributed by atoms with E-state index in [4.69, 9.17) is 4.74 Å². The van der Waals surface area contributed by atoms with E-state index in [1.165, 1.54) is 23.5 Å². The lowest BCUT2D eigenvalue weighted by atomic mass is 10.3. The summed E-state index contributed by atoms with van der Waals surface area (Å²) < 4.78 is 18.9. The number of hydrogen-bond donors (Lipinski definition) is 0. The molecule has 0 aliphatic carbocycles. The fourth-order valence-corrected chi connectivity index (χ4v) is 2.42. The molecule has 2 rings (SSSR count). The highest BCUT2D eigenvalue weighted by atomic mass is 32.2. The Hall–Kier alpha value is -1.14. The summed E-state index contributed by atoms with van der Waals surface area (Å²) >= 11 is 3.10. The van der Waals surface area contributed by atoms with Gasteiger partial charge < -0.3 is 4.74 Å². The molecule has 0 fully saturated rings. The molecule has 0 atom stereocenters. The fourth-order valence-electron chi connectivity index (χ4n) is 1.05. The van der Waals surface area contributed by atoms with Crippen molar-refractivity contribution < 1.29 is 9.13 Å². The first-order chi connectivity index (χ1) is 7.84. The lowest BCUT2D eigenvalue weighted by Crippen LogP contribution is -1.99. The Morgan fingerprint density at radius 1 is 1.31 bits per heavy atom. The molecular weight excluding hydrogens is 247 g/mol. The molecule has 0 spiro atoms. The van der Waals surface area contributed by atoms with Crippen LogP contribution >= 0.6 is 23.1 Å². The van der Waals surface area contributed by atoms with E-state index in [-0.39, 0.29) is 5.82 Å². The van der Waals surface area contributed by atoms with Crippen LogP contribution in [-0.2, 0) is 0 Å². The number of aromatic nitrogens is 2. The number of hydrogen-bond acceptors (Lipinski definition) is 5. The Balaban J connectivity index is 1.70. The number of nitrogens with zero attached hydrogens (tertiary/aromatic N) is 2. The van der Waals surface area contributed by atoms with Crippen LogP contribution in [0, 0.1) is 5.82 Å². The van der Waals surface area contributed by atoms with Crippen molar-refractivity contribution in [2.24, 2.45) is 0 Å². The first-order valence-electron chi connectivity index (χ1n) is 4.62. The van der Waals surface area contributed by atoms with Crippen LogP contribution in [0.1, 0.15) is 0 Å². The predicted octanol–water partition coefficient (Wildman–Crippen LogP) is 2.85. The van der Waals surface area contributed by atoms with Crippen molar-refractivity contribution in [1.29, 1.82) is 0 Å². The van der Waals surface area contributed by atoms with Gasteiger partial charge in [-0.15, -0.1) is 10.2 Å². The van der Waals surface area contributed by atoms with Crippen LogP contribution in [0.4, 0.5) is 4.39 Å². The topological polar surface area (TPSA) is 35.0 Å². The van der Waals surface area contributed by atoms with Crippen LogP contribution in [-0.4, -0.2) is 22.6 Å². The van der Waals surface area contributed by atoms with E-state index in [0.717, 1.165) is 10.1 Å². The van der Waals surface area contributed by atoms with Crippen LogP contribution in [0.25, 0.3) is 0 Å². The molecule has 1 aromatic heterocycles. The molecule has 0 aliphatic heterocycles. The number of rotatable bonds is 5. The quantitative estimate of drug-likeness (QED) is 0.608. The zero-order valence-corrected chi connectivity index (χ0v) is 9.93. The second-order valence-corrected chi connectivity index (χ2v) is 5.03. The summed E-state index contributed by atoms with van der Waals surface area (Å²) in [5, 5.41) is 7.63. The minimum Gasteiger partial charge on any atom is -0.493 e. The number of thioether (sulfide) groups is 1. The van der Waals surface area contributed by atoms with Gasteiger partial charge in [-0.3, -0.25) is 0 Å². The standard InChI is InChI=1S/C10H9FN2OS2/c11-8-1-3-9(4-2-8)14-5-6-15-10-13-12-7-16-10/h1-4,7H,5-6H2. The second-order valence-electron chi connectivity index (χ2n) is 2.86. The van der Waals surface area contributed by atoms with Gasteiger partial charge in [-0.2, -0.15) is 0 Å². The van der Waals surface area contributed by atoms with Gasteiger partial charge in [-0.1, -0.05) is 23.1 Å². The molecule has 1 heterocycles. The molecule has 1 aromatic carbocycles. The third kappa shape index (κ3) is 3.46. The van der Waals surface area contributed by atoms with Crippen molar-refractivity contribution in [2.75, 3.05) is 12.4 Å². The third-order valence-corrected chi connectivity index (χ3v) is 3.56. The van der Waals surface area contributed by atoms with Crippen LogP contribution in [0.15, 0.2) is 34.1 Å². The zero-order chi connectivity index (χ0) is 11.2. The summed E-state index contributed by atoms with van der Waals surface area (Å²) in [6, 6.07) is 6.00. The molecular formula is C10H9FN2OS2. The minimum atomic E-state index is -0.254. The van der Waals surface area contributed by atoms with Crippen LogP contribution < -0.4 is 4.74 Å². The molecule has 3 nitrogen and oxygen atoms in total. The SMILES string of the molecule is Fc1ccc(OCCSc2nncs2)cc1. The summed E-state index contributed by atoms with van der Waals surface area (Å²) in [7, 11) is 0. The van der Waals surface area contributed by atoms with Gasteiger partial charge in [0.15, 0.2) is 4.34 Å². The molecule has 0 aliphatic rings. The highest BCUT2D eigenvalue weighted by molar-refractivity contribution is 8.01. The van der Waals surface area contributed by atoms with Crippen molar-refractivity contribution in [3.8, 4) is 5.75 Å². The molecule has 84 valence electrons. The van der Waals surface area contributed by atoms with Gasteiger partial charge >= 0.3 is 0 Å². The summed E-state index contributed by atoms with van der Waals surface area (Å²) in [5.74, 6) is 1.22.